The number of benzene rings is 2. The lowest BCUT2D eigenvalue weighted by atomic mass is 10.1. The van der Waals surface area contributed by atoms with E-state index in [1.807, 2.05) is 0 Å². The van der Waals surface area contributed by atoms with Crippen molar-refractivity contribution in [2.45, 2.75) is 25.4 Å². The molecule has 1 aliphatic heterocycles. The van der Waals surface area contributed by atoms with Crippen LogP contribution >= 0.6 is 0 Å². The third-order valence-corrected chi connectivity index (χ3v) is 6.62. The van der Waals surface area contributed by atoms with E-state index >= 15 is 0 Å². The van der Waals surface area contributed by atoms with Gasteiger partial charge in [-0.3, -0.25) is 14.7 Å². The molecule has 2 aromatic carbocycles. The number of hydrogen-bond acceptors (Lipinski definition) is 5. The van der Waals surface area contributed by atoms with Gasteiger partial charge in [0.1, 0.15) is 12.4 Å². The summed E-state index contributed by atoms with van der Waals surface area (Å²) in [5.74, 6) is 0.0855. The summed E-state index contributed by atoms with van der Waals surface area (Å²) >= 11 is 0. The first-order valence-electron chi connectivity index (χ1n) is 11.6. The minimum atomic E-state index is -4.46. The number of carbonyl (C=O) groups excluding carboxylic acids is 1. The van der Waals surface area contributed by atoms with Crippen molar-refractivity contribution in [2.75, 3.05) is 38.6 Å². The summed E-state index contributed by atoms with van der Waals surface area (Å²) in [6, 6.07) is 9.23. The third kappa shape index (κ3) is 6.03. The zero-order chi connectivity index (χ0) is 25.1. The number of alkyl halides is 3. The van der Waals surface area contributed by atoms with Crippen molar-refractivity contribution in [2.24, 2.45) is 16.1 Å². The monoisotopic (exact) mass is 486 g/mol. The van der Waals surface area contributed by atoms with Gasteiger partial charge in [0.05, 0.1) is 11.3 Å². The molecule has 2 aromatic rings. The van der Waals surface area contributed by atoms with Gasteiger partial charge in [-0.05, 0) is 86.0 Å². The molecule has 0 atom stereocenters. The van der Waals surface area contributed by atoms with Crippen LogP contribution in [0.4, 0.5) is 18.9 Å². The second-order valence-electron chi connectivity index (χ2n) is 9.08. The predicted molar refractivity (Wildman–Crippen MR) is 130 cm³/mol. The van der Waals surface area contributed by atoms with E-state index in [-0.39, 0.29) is 5.56 Å². The SMILES string of the molecule is CN=C(C=CN)c1cc(NC(=O)c2ccc(C(F)(F)F)cc2)ccc1OCCN1CCC2(CC2)C1. The Labute approximate surface area is 202 Å². The highest BCUT2D eigenvalue weighted by atomic mass is 19.4. The second-order valence-corrected chi connectivity index (χ2v) is 9.08. The Morgan fingerprint density at radius 3 is 2.54 bits per heavy atom. The summed E-state index contributed by atoms with van der Waals surface area (Å²) in [5, 5.41) is 2.73. The smallest absolute Gasteiger partial charge is 0.416 e. The van der Waals surface area contributed by atoms with Crippen molar-refractivity contribution in [1.29, 1.82) is 0 Å². The molecular formula is C26H29F3N4O2. The van der Waals surface area contributed by atoms with Crippen LogP contribution in [-0.2, 0) is 6.18 Å². The number of aliphatic imine (C=N–C) groups is 1. The quantitative estimate of drug-likeness (QED) is 0.530. The van der Waals surface area contributed by atoms with Gasteiger partial charge in [-0.15, -0.1) is 0 Å². The van der Waals surface area contributed by atoms with Crippen molar-refractivity contribution in [3.05, 3.63) is 71.4 Å². The van der Waals surface area contributed by atoms with Crippen molar-refractivity contribution in [3.8, 4) is 5.75 Å². The van der Waals surface area contributed by atoms with E-state index in [4.69, 9.17) is 10.5 Å². The van der Waals surface area contributed by atoms with Crippen LogP contribution in [0.5, 0.6) is 5.75 Å². The molecule has 0 unspecified atom stereocenters. The Hall–Kier alpha value is -3.33. The highest BCUT2D eigenvalue weighted by Crippen LogP contribution is 2.52. The van der Waals surface area contributed by atoms with Gasteiger partial charge in [-0.25, -0.2) is 0 Å². The molecule has 0 bridgehead atoms. The fraction of sp³-hybridized carbons (Fsp3) is 0.385. The number of likely N-dealkylation sites (tertiary alicyclic amines) is 1. The fourth-order valence-electron chi connectivity index (χ4n) is 4.41. The summed E-state index contributed by atoms with van der Waals surface area (Å²) in [6.07, 6.45) is 2.48. The van der Waals surface area contributed by atoms with Crippen LogP contribution in [0.25, 0.3) is 0 Å². The molecule has 0 aromatic heterocycles. The minimum absolute atomic E-state index is 0.116. The normalized spacial score (nSPS) is 17.8. The fourth-order valence-corrected chi connectivity index (χ4v) is 4.41. The number of nitrogens with one attached hydrogen (secondary N) is 1. The molecule has 0 radical (unpaired) electrons. The Morgan fingerprint density at radius 1 is 1.20 bits per heavy atom. The van der Waals surface area contributed by atoms with Crippen LogP contribution in [0.15, 0.2) is 59.7 Å². The van der Waals surface area contributed by atoms with E-state index < -0.39 is 17.6 Å². The first-order valence-corrected chi connectivity index (χ1v) is 11.6. The number of rotatable bonds is 8. The van der Waals surface area contributed by atoms with Crippen molar-refractivity contribution >= 4 is 17.3 Å². The Kier molecular flexibility index (Phi) is 7.16. The van der Waals surface area contributed by atoms with Gasteiger partial charge < -0.3 is 15.8 Å². The molecule has 1 aliphatic carbocycles. The van der Waals surface area contributed by atoms with Crippen LogP contribution in [0, 0.1) is 5.41 Å². The predicted octanol–water partition coefficient (Wildman–Crippen LogP) is 4.71. The maximum atomic E-state index is 12.8. The summed E-state index contributed by atoms with van der Waals surface area (Å²) < 4.78 is 44.5. The number of ether oxygens (including phenoxy) is 1. The molecule has 2 aliphatic rings. The van der Waals surface area contributed by atoms with E-state index in [0.717, 1.165) is 43.9 Å². The van der Waals surface area contributed by atoms with Gasteiger partial charge in [0.15, 0.2) is 0 Å². The van der Waals surface area contributed by atoms with Crippen molar-refractivity contribution < 1.29 is 22.7 Å². The van der Waals surface area contributed by atoms with E-state index in [1.54, 1.807) is 31.3 Å². The lowest BCUT2D eigenvalue weighted by molar-refractivity contribution is -0.137. The third-order valence-electron chi connectivity index (χ3n) is 6.62. The average molecular weight is 487 g/mol. The number of allylic oxidation sites excluding steroid dienone is 1. The molecule has 1 spiro atoms. The molecule has 6 nitrogen and oxygen atoms in total. The maximum Gasteiger partial charge on any atom is 0.416 e. The van der Waals surface area contributed by atoms with Crippen LogP contribution in [0.2, 0.25) is 0 Å². The van der Waals surface area contributed by atoms with Gasteiger partial charge in [0, 0.05) is 37.0 Å². The van der Waals surface area contributed by atoms with E-state index in [1.165, 1.54) is 25.5 Å². The van der Waals surface area contributed by atoms with Crippen LogP contribution in [0.3, 0.4) is 0 Å². The number of amides is 1. The minimum Gasteiger partial charge on any atom is -0.492 e. The van der Waals surface area contributed by atoms with Gasteiger partial charge in [0.2, 0.25) is 0 Å². The Bertz CT molecular complexity index is 1120. The van der Waals surface area contributed by atoms with E-state index in [9.17, 15) is 18.0 Å². The number of anilines is 1. The molecule has 9 heteroatoms. The van der Waals surface area contributed by atoms with Crippen molar-refractivity contribution in [1.82, 2.24) is 4.90 Å². The maximum absolute atomic E-state index is 12.8. The molecular weight excluding hydrogens is 457 g/mol. The molecule has 186 valence electrons. The standard InChI is InChI=1S/C26H29F3N4O2/c1-31-22(8-12-30)21-16-20(32-24(34)18-2-4-19(5-3-18)26(27,28)29)6-7-23(21)35-15-14-33-13-11-25(17-33)9-10-25/h2-8,12,16H,9-11,13-15,17,30H2,1H3,(H,32,34). The summed E-state index contributed by atoms with van der Waals surface area (Å²) in [6.45, 7) is 3.58. The van der Waals surface area contributed by atoms with Gasteiger partial charge in [-0.1, -0.05) is 0 Å². The lowest BCUT2D eigenvalue weighted by Gasteiger charge is -2.18. The molecule has 3 N–H and O–H groups in total. The first-order chi connectivity index (χ1) is 16.7. The number of carbonyl (C=O) groups is 1. The molecule has 1 heterocycles. The van der Waals surface area contributed by atoms with Crippen LogP contribution < -0.4 is 15.8 Å². The molecule has 35 heavy (non-hydrogen) atoms. The van der Waals surface area contributed by atoms with Crippen molar-refractivity contribution in [3.63, 3.8) is 0 Å². The molecule has 1 saturated heterocycles. The Morgan fingerprint density at radius 2 is 1.94 bits per heavy atom. The summed E-state index contributed by atoms with van der Waals surface area (Å²) in [5.41, 5.74) is 7.14. The summed E-state index contributed by atoms with van der Waals surface area (Å²) in [4.78, 5) is 19.3. The van der Waals surface area contributed by atoms with E-state index in [2.05, 4.69) is 15.2 Å². The van der Waals surface area contributed by atoms with Gasteiger partial charge in [-0.2, -0.15) is 13.2 Å². The van der Waals surface area contributed by atoms with E-state index in [0.29, 0.717) is 34.7 Å². The average Bonchev–Trinajstić information content (AvgIpc) is 3.48. The zero-order valence-electron chi connectivity index (χ0n) is 19.6. The first kappa shape index (κ1) is 24.8. The molecule has 1 amide bonds. The molecule has 2 fully saturated rings. The highest BCUT2D eigenvalue weighted by molar-refractivity contribution is 6.12. The summed E-state index contributed by atoms with van der Waals surface area (Å²) in [7, 11) is 1.63. The van der Waals surface area contributed by atoms with Crippen LogP contribution in [0.1, 0.15) is 40.7 Å². The molecule has 1 saturated carbocycles. The zero-order valence-corrected chi connectivity index (χ0v) is 19.6. The highest BCUT2D eigenvalue weighted by Gasteiger charge is 2.47. The Balaban J connectivity index is 1.46. The lowest BCUT2D eigenvalue weighted by Crippen LogP contribution is -2.26. The number of hydrogen-bond donors (Lipinski definition) is 2. The van der Waals surface area contributed by atoms with Crippen LogP contribution in [-0.4, -0.2) is 49.8 Å². The topological polar surface area (TPSA) is 79.9 Å². The van der Waals surface area contributed by atoms with Gasteiger partial charge >= 0.3 is 6.18 Å². The number of nitrogens with two attached hydrogens (primary N) is 1. The molecule has 4 rings (SSSR count). The number of nitrogens with zero attached hydrogens (tertiary/aromatic N) is 2. The largest absolute Gasteiger partial charge is 0.492 e. The second kappa shape index (κ2) is 10.1. The number of halogens is 3. The van der Waals surface area contributed by atoms with Gasteiger partial charge in [0.25, 0.3) is 5.91 Å².